The lowest BCUT2D eigenvalue weighted by molar-refractivity contribution is -0.275. The van der Waals surface area contributed by atoms with Crippen LogP contribution in [0.5, 0.6) is 5.75 Å². The SMILES string of the molecule is CN[C@@H](O)C(C)N1CCN(C2CCN(c3ccc(OC(F)(F)F)c(F)c3)C2=O)CC1. The Bertz CT molecular complexity index is 756. The van der Waals surface area contributed by atoms with Crippen LogP contribution in [0.2, 0.25) is 0 Å². The Kier molecular flexibility index (Phi) is 6.85. The van der Waals surface area contributed by atoms with Gasteiger partial charge >= 0.3 is 6.36 Å². The predicted octanol–water partition coefficient (Wildman–Crippen LogP) is 1.37. The van der Waals surface area contributed by atoms with Crippen molar-refractivity contribution in [1.29, 1.82) is 0 Å². The molecule has 0 spiro atoms. The second-order valence-electron chi connectivity index (χ2n) is 7.50. The Balaban J connectivity index is 1.61. The first kappa shape index (κ1) is 22.7. The first-order valence-electron chi connectivity index (χ1n) is 9.81. The van der Waals surface area contributed by atoms with Crippen LogP contribution in [0.1, 0.15) is 13.3 Å². The number of likely N-dealkylation sites (N-methyl/N-ethyl adjacent to an activating group) is 1. The van der Waals surface area contributed by atoms with Crippen molar-refractivity contribution in [2.45, 2.75) is 38.0 Å². The van der Waals surface area contributed by atoms with Crippen LogP contribution in [-0.2, 0) is 4.79 Å². The number of nitrogens with one attached hydrogen (secondary N) is 1. The fourth-order valence-corrected chi connectivity index (χ4v) is 4.02. The summed E-state index contributed by atoms with van der Waals surface area (Å²) in [6.45, 7) is 4.98. The maximum absolute atomic E-state index is 14.0. The Morgan fingerprint density at radius 3 is 2.43 bits per heavy atom. The third-order valence-corrected chi connectivity index (χ3v) is 5.75. The molecule has 2 heterocycles. The van der Waals surface area contributed by atoms with Gasteiger partial charge in [0.2, 0.25) is 5.91 Å². The zero-order chi connectivity index (χ0) is 22.1. The Morgan fingerprint density at radius 2 is 1.87 bits per heavy atom. The molecule has 168 valence electrons. The van der Waals surface area contributed by atoms with Gasteiger partial charge in [0.1, 0.15) is 6.23 Å². The predicted molar refractivity (Wildman–Crippen MR) is 102 cm³/mol. The van der Waals surface area contributed by atoms with Crippen LogP contribution in [0.15, 0.2) is 18.2 Å². The summed E-state index contributed by atoms with van der Waals surface area (Å²) in [5, 5.41) is 12.8. The fraction of sp³-hybridized carbons (Fsp3) is 0.632. The van der Waals surface area contributed by atoms with Gasteiger partial charge in [-0.15, -0.1) is 13.2 Å². The topological polar surface area (TPSA) is 68.3 Å². The molecule has 2 saturated heterocycles. The first-order valence-corrected chi connectivity index (χ1v) is 9.81. The molecule has 0 aromatic heterocycles. The van der Waals surface area contributed by atoms with E-state index in [9.17, 15) is 27.5 Å². The molecule has 7 nitrogen and oxygen atoms in total. The lowest BCUT2D eigenvalue weighted by Gasteiger charge is -2.41. The molecule has 0 saturated carbocycles. The average Bonchev–Trinajstić information content (AvgIpc) is 3.09. The van der Waals surface area contributed by atoms with Crippen LogP contribution < -0.4 is 15.0 Å². The lowest BCUT2D eigenvalue weighted by atomic mass is 10.1. The maximum Gasteiger partial charge on any atom is 0.573 e. The second kappa shape index (κ2) is 9.04. The molecule has 2 N–H and O–H groups in total. The molecule has 0 radical (unpaired) electrons. The van der Waals surface area contributed by atoms with Gasteiger partial charge in [0.15, 0.2) is 11.6 Å². The largest absolute Gasteiger partial charge is 0.573 e. The van der Waals surface area contributed by atoms with Crippen LogP contribution in [0.3, 0.4) is 0 Å². The van der Waals surface area contributed by atoms with E-state index in [1.165, 1.54) is 11.0 Å². The van der Waals surface area contributed by atoms with Gasteiger partial charge in [-0.1, -0.05) is 0 Å². The summed E-state index contributed by atoms with van der Waals surface area (Å²) in [6.07, 6.45) is -5.07. The molecule has 1 amide bonds. The first-order chi connectivity index (χ1) is 14.1. The summed E-state index contributed by atoms with van der Waals surface area (Å²) in [5.74, 6) is -2.30. The molecule has 2 aliphatic heterocycles. The molecule has 2 unspecified atom stereocenters. The summed E-state index contributed by atoms with van der Waals surface area (Å²) in [6, 6.07) is 2.61. The normalized spacial score (nSPS) is 23.6. The second-order valence-corrected chi connectivity index (χ2v) is 7.50. The summed E-state index contributed by atoms with van der Waals surface area (Å²) in [7, 11) is 1.69. The number of hydrogen-bond donors (Lipinski definition) is 2. The number of amides is 1. The third kappa shape index (κ3) is 5.02. The Labute approximate surface area is 172 Å². The van der Waals surface area contributed by atoms with Crippen LogP contribution in [0, 0.1) is 5.82 Å². The number of carbonyl (C=O) groups is 1. The van der Waals surface area contributed by atoms with E-state index in [1.807, 2.05) is 6.92 Å². The van der Waals surface area contributed by atoms with Gasteiger partial charge in [-0.25, -0.2) is 4.39 Å². The molecular weight excluding hydrogens is 408 g/mol. The molecular formula is C19H26F4N4O3. The number of alkyl halides is 3. The van der Waals surface area contributed by atoms with Crippen molar-refractivity contribution < 1.29 is 32.2 Å². The highest BCUT2D eigenvalue weighted by molar-refractivity contribution is 5.99. The smallest absolute Gasteiger partial charge is 0.403 e. The van der Waals surface area contributed by atoms with Gasteiger partial charge in [-0.2, -0.15) is 0 Å². The maximum atomic E-state index is 14.0. The van der Waals surface area contributed by atoms with E-state index in [1.54, 1.807) is 7.05 Å². The number of halogens is 4. The monoisotopic (exact) mass is 434 g/mol. The summed E-state index contributed by atoms with van der Waals surface area (Å²) >= 11 is 0. The minimum Gasteiger partial charge on any atom is -0.403 e. The highest BCUT2D eigenvalue weighted by Gasteiger charge is 2.39. The third-order valence-electron chi connectivity index (χ3n) is 5.75. The summed E-state index contributed by atoms with van der Waals surface area (Å²) in [4.78, 5) is 18.5. The number of piperazine rings is 1. The molecule has 3 atom stereocenters. The highest BCUT2D eigenvalue weighted by atomic mass is 19.4. The van der Waals surface area contributed by atoms with E-state index >= 15 is 0 Å². The molecule has 1 aromatic carbocycles. The molecule has 11 heteroatoms. The molecule has 0 aliphatic carbocycles. The molecule has 1 aromatic rings. The Hall–Kier alpha value is -1.95. The number of aliphatic hydroxyl groups is 1. The molecule has 0 bridgehead atoms. The van der Waals surface area contributed by atoms with Crippen LogP contribution in [-0.4, -0.2) is 85.3 Å². The van der Waals surface area contributed by atoms with E-state index < -0.39 is 24.2 Å². The minimum atomic E-state index is -4.99. The number of aliphatic hydroxyl groups excluding tert-OH is 1. The number of anilines is 1. The molecule has 3 rings (SSSR count). The number of hydrogen-bond acceptors (Lipinski definition) is 6. The van der Waals surface area contributed by atoms with E-state index in [2.05, 4.69) is 19.9 Å². The summed E-state index contributed by atoms with van der Waals surface area (Å²) < 4.78 is 54.6. The molecule has 2 aliphatic rings. The lowest BCUT2D eigenvalue weighted by Crippen LogP contribution is -2.57. The number of ether oxygens (including phenoxy) is 1. The zero-order valence-corrected chi connectivity index (χ0v) is 16.8. The van der Waals surface area contributed by atoms with E-state index in [4.69, 9.17) is 0 Å². The Morgan fingerprint density at radius 1 is 1.20 bits per heavy atom. The van der Waals surface area contributed by atoms with Crippen LogP contribution >= 0.6 is 0 Å². The van der Waals surface area contributed by atoms with Crippen molar-refractivity contribution in [3.8, 4) is 5.75 Å². The highest BCUT2D eigenvalue weighted by Crippen LogP contribution is 2.31. The minimum absolute atomic E-state index is 0.0617. The van der Waals surface area contributed by atoms with E-state index in [-0.39, 0.29) is 23.7 Å². The molecule has 2 fully saturated rings. The van der Waals surface area contributed by atoms with Crippen molar-refractivity contribution in [2.24, 2.45) is 0 Å². The van der Waals surface area contributed by atoms with E-state index in [0.29, 0.717) is 39.1 Å². The number of carbonyl (C=O) groups excluding carboxylic acids is 1. The van der Waals surface area contributed by atoms with Crippen molar-refractivity contribution in [3.05, 3.63) is 24.0 Å². The van der Waals surface area contributed by atoms with Gasteiger partial charge in [0.25, 0.3) is 0 Å². The number of rotatable bonds is 6. The van der Waals surface area contributed by atoms with Gasteiger partial charge in [0, 0.05) is 50.5 Å². The van der Waals surface area contributed by atoms with Crippen molar-refractivity contribution in [2.75, 3.05) is 44.7 Å². The van der Waals surface area contributed by atoms with Crippen LogP contribution in [0.4, 0.5) is 23.2 Å². The van der Waals surface area contributed by atoms with Crippen molar-refractivity contribution in [3.63, 3.8) is 0 Å². The zero-order valence-electron chi connectivity index (χ0n) is 16.8. The summed E-state index contributed by atoms with van der Waals surface area (Å²) in [5.41, 5.74) is 0.207. The van der Waals surface area contributed by atoms with E-state index in [0.717, 1.165) is 12.1 Å². The van der Waals surface area contributed by atoms with Crippen molar-refractivity contribution in [1.82, 2.24) is 15.1 Å². The average molecular weight is 434 g/mol. The standard InChI is InChI=1S/C19H26F4N4O3/c1-12(17(28)24-2)25-7-9-26(10-8-25)15-5-6-27(18(15)29)13-3-4-16(14(20)11-13)30-19(21,22)23/h3-4,11-12,15,17,24,28H,5-10H2,1-2H3/t12?,15?,17-/m0/s1. The molecule has 30 heavy (non-hydrogen) atoms. The fourth-order valence-electron chi connectivity index (χ4n) is 4.02. The van der Waals surface area contributed by atoms with Crippen LogP contribution in [0.25, 0.3) is 0 Å². The number of nitrogens with zero attached hydrogens (tertiary/aromatic N) is 3. The van der Waals surface area contributed by atoms with Gasteiger partial charge in [-0.3, -0.25) is 19.9 Å². The van der Waals surface area contributed by atoms with Crippen molar-refractivity contribution >= 4 is 11.6 Å². The van der Waals surface area contributed by atoms with Gasteiger partial charge in [-0.05, 0) is 32.5 Å². The van der Waals surface area contributed by atoms with Gasteiger partial charge in [0.05, 0.1) is 6.04 Å². The number of benzene rings is 1. The quantitative estimate of drug-likeness (QED) is 0.521. The van der Waals surface area contributed by atoms with Gasteiger partial charge < -0.3 is 14.7 Å².